The molecule has 2 N–H and O–H groups in total. The first-order valence-corrected chi connectivity index (χ1v) is 9.52. The number of hydrogen-bond donors (Lipinski definition) is 2. The molecule has 9 heteroatoms. The Bertz CT molecular complexity index is 1070. The second-order valence-corrected chi connectivity index (χ2v) is 7.39. The van der Waals surface area contributed by atoms with Crippen LogP contribution in [0.25, 0.3) is 0 Å². The minimum absolute atomic E-state index is 0.0932. The first-order valence-electron chi connectivity index (χ1n) is 8.76. The topological polar surface area (TPSA) is 83.0 Å². The van der Waals surface area contributed by atoms with Gasteiger partial charge in [0.25, 0.3) is 5.91 Å². The summed E-state index contributed by atoms with van der Waals surface area (Å²) in [6, 6.07) is 6.04. The number of amides is 3. The van der Waals surface area contributed by atoms with E-state index in [1.165, 1.54) is 18.3 Å². The van der Waals surface area contributed by atoms with Gasteiger partial charge in [0.05, 0.1) is 27.6 Å². The van der Waals surface area contributed by atoms with E-state index in [1.807, 2.05) is 6.92 Å². The van der Waals surface area contributed by atoms with Gasteiger partial charge >= 0.3 is 6.03 Å². The third-order valence-corrected chi connectivity index (χ3v) is 5.24. The summed E-state index contributed by atoms with van der Waals surface area (Å²) >= 11 is 12.8. The number of anilines is 1. The third-order valence-electron chi connectivity index (χ3n) is 4.68. The molecular formula is C20H16Cl2N4O3. The summed E-state index contributed by atoms with van der Waals surface area (Å²) in [4.78, 5) is 24.1. The van der Waals surface area contributed by atoms with Gasteiger partial charge in [-0.15, -0.1) is 0 Å². The van der Waals surface area contributed by atoms with Crippen LogP contribution in [0.4, 0.5) is 10.5 Å². The molecule has 2 aliphatic heterocycles. The normalized spacial score (nSPS) is 15.7. The number of fused-ring (bicyclic) bond motifs is 1. The van der Waals surface area contributed by atoms with Gasteiger partial charge in [-0.2, -0.15) is 10.1 Å². The Morgan fingerprint density at radius 2 is 1.93 bits per heavy atom. The van der Waals surface area contributed by atoms with E-state index in [0.29, 0.717) is 29.2 Å². The number of carbonyl (C=O) groups excluding carboxylic acids is 2. The molecule has 0 atom stereocenters. The van der Waals surface area contributed by atoms with Gasteiger partial charge in [-0.1, -0.05) is 29.8 Å². The fraction of sp³-hybridized carbons (Fsp3) is 0.150. The molecule has 0 aromatic heterocycles. The van der Waals surface area contributed by atoms with Gasteiger partial charge in [-0.05, 0) is 48.7 Å². The average molecular weight is 431 g/mol. The molecule has 2 heterocycles. The van der Waals surface area contributed by atoms with E-state index < -0.39 is 6.03 Å². The van der Waals surface area contributed by atoms with Crippen LogP contribution in [0.15, 0.2) is 41.6 Å². The quantitative estimate of drug-likeness (QED) is 0.756. The minimum Gasteiger partial charge on any atom is -0.454 e. The molecule has 0 bridgehead atoms. The zero-order valence-electron chi connectivity index (χ0n) is 15.4. The molecular weight excluding hydrogens is 415 g/mol. The summed E-state index contributed by atoms with van der Waals surface area (Å²) in [7, 11) is 0. The fourth-order valence-electron chi connectivity index (χ4n) is 3.24. The Hall–Kier alpha value is -3.03. The second kappa shape index (κ2) is 7.42. The van der Waals surface area contributed by atoms with Crippen molar-refractivity contribution in [3.05, 3.63) is 63.3 Å². The van der Waals surface area contributed by atoms with Crippen LogP contribution >= 0.6 is 23.2 Å². The van der Waals surface area contributed by atoms with Gasteiger partial charge in [0.15, 0.2) is 5.75 Å². The third kappa shape index (κ3) is 3.54. The zero-order valence-corrected chi connectivity index (χ0v) is 16.9. The Balaban J connectivity index is 1.67. The van der Waals surface area contributed by atoms with Gasteiger partial charge in [-0.25, -0.2) is 4.79 Å². The van der Waals surface area contributed by atoms with Gasteiger partial charge < -0.3 is 15.4 Å². The number of allylic oxidation sites excluding steroid dienone is 1. The zero-order chi connectivity index (χ0) is 20.7. The second-order valence-electron chi connectivity index (χ2n) is 6.57. The van der Waals surface area contributed by atoms with Gasteiger partial charge in [0.1, 0.15) is 5.75 Å². The van der Waals surface area contributed by atoms with Crippen molar-refractivity contribution in [2.24, 2.45) is 5.10 Å². The maximum atomic E-state index is 12.1. The molecule has 0 fully saturated rings. The molecule has 3 amide bonds. The molecule has 148 valence electrons. The highest BCUT2D eigenvalue weighted by atomic mass is 35.5. The summed E-state index contributed by atoms with van der Waals surface area (Å²) < 4.78 is 5.99. The number of halogens is 2. The van der Waals surface area contributed by atoms with Crippen LogP contribution < -0.4 is 20.4 Å². The Labute approximate surface area is 176 Å². The summed E-state index contributed by atoms with van der Waals surface area (Å²) in [6.45, 7) is 6.10. The van der Waals surface area contributed by atoms with Crippen LogP contribution in [-0.4, -0.2) is 24.7 Å². The predicted octanol–water partition coefficient (Wildman–Crippen LogP) is 4.41. The largest absolute Gasteiger partial charge is 0.454 e. The van der Waals surface area contributed by atoms with Crippen molar-refractivity contribution in [2.45, 2.75) is 13.3 Å². The van der Waals surface area contributed by atoms with Crippen LogP contribution in [0.2, 0.25) is 10.0 Å². The highest BCUT2D eigenvalue weighted by Crippen LogP contribution is 2.41. The smallest absolute Gasteiger partial charge is 0.347 e. The van der Waals surface area contributed by atoms with Gasteiger partial charge in [0, 0.05) is 12.1 Å². The summed E-state index contributed by atoms with van der Waals surface area (Å²) in [5, 5.41) is 11.0. The monoisotopic (exact) mass is 430 g/mol. The maximum Gasteiger partial charge on any atom is 0.347 e. The van der Waals surface area contributed by atoms with E-state index in [9.17, 15) is 9.59 Å². The number of carbonyl (C=O) groups is 2. The Kier molecular flexibility index (Phi) is 4.94. The minimum atomic E-state index is -0.470. The lowest BCUT2D eigenvalue weighted by Gasteiger charge is -2.23. The van der Waals surface area contributed by atoms with Crippen LogP contribution in [0.3, 0.4) is 0 Å². The number of nitrogens with one attached hydrogen (secondary N) is 2. The lowest BCUT2D eigenvalue weighted by molar-refractivity contribution is 0.0945. The molecule has 0 aliphatic carbocycles. The molecule has 2 aromatic rings. The van der Waals surface area contributed by atoms with Crippen molar-refractivity contribution in [1.82, 2.24) is 10.6 Å². The fourth-order valence-corrected chi connectivity index (χ4v) is 3.79. The number of benzene rings is 2. The highest BCUT2D eigenvalue weighted by Gasteiger charge is 2.24. The average Bonchev–Trinajstić information content (AvgIpc) is 2.66. The van der Waals surface area contributed by atoms with E-state index in [-0.39, 0.29) is 21.7 Å². The summed E-state index contributed by atoms with van der Waals surface area (Å²) in [5.41, 5.74) is 3.21. The van der Waals surface area contributed by atoms with Crippen LogP contribution in [0.1, 0.15) is 21.5 Å². The van der Waals surface area contributed by atoms with Crippen molar-refractivity contribution in [3.8, 4) is 11.5 Å². The number of ether oxygens (including phenoxy) is 1. The highest BCUT2D eigenvalue weighted by molar-refractivity contribution is 6.37. The molecule has 2 aliphatic rings. The Morgan fingerprint density at radius 3 is 2.62 bits per heavy atom. The van der Waals surface area contributed by atoms with E-state index in [4.69, 9.17) is 27.9 Å². The SMILES string of the molecule is C=C1C=NN(c2cc(Cl)c(Oc3ccc4c(c3C)CCNC4=O)c(Cl)c2)C(=O)N1. The molecule has 0 spiro atoms. The number of rotatable bonds is 3. The molecule has 7 nitrogen and oxygen atoms in total. The van der Waals surface area contributed by atoms with Crippen LogP contribution in [-0.2, 0) is 6.42 Å². The standard InChI is InChI=1S/C20H16Cl2N4O3/c1-10-9-24-26(20(28)25-10)12-7-15(21)18(16(22)8-12)29-17-4-3-14-13(11(17)2)5-6-23-19(14)27/h3-4,7-9H,1,5-6H2,2H3,(H,23,27)(H,25,28). The Morgan fingerprint density at radius 1 is 1.21 bits per heavy atom. The molecule has 0 radical (unpaired) electrons. The molecule has 2 aromatic carbocycles. The van der Waals surface area contributed by atoms with Crippen molar-refractivity contribution in [2.75, 3.05) is 11.6 Å². The number of hydrazone groups is 1. The maximum absolute atomic E-state index is 12.1. The number of urea groups is 1. The first kappa shape index (κ1) is 19.3. The summed E-state index contributed by atoms with van der Waals surface area (Å²) in [5.74, 6) is 0.718. The van der Waals surface area contributed by atoms with Crippen molar-refractivity contribution >= 4 is 47.0 Å². The van der Waals surface area contributed by atoms with E-state index >= 15 is 0 Å². The molecule has 29 heavy (non-hydrogen) atoms. The van der Waals surface area contributed by atoms with Crippen molar-refractivity contribution in [1.29, 1.82) is 0 Å². The van der Waals surface area contributed by atoms with Crippen LogP contribution in [0.5, 0.6) is 11.5 Å². The lowest BCUT2D eigenvalue weighted by atomic mass is 9.95. The predicted molar refractivity (Wildman–Crippen MR) is 112 cm³/mol. The van der Waals surface area contributed by atoms with E-state index in [1.54, 1.807) is 12.1 Å². The molecule has 0 saturated carbocycles. The van der Waals surface area contributed by atoms with Gasteiger partial charge in [-0.3, -0.25) is 4.79 Å². The van der Waals surface area contributed by atoms with Crippen molar-refractivity contribution in [3.63, 3.8) is 0 Å². The van der Waals surface area contributed by atoms with Crippen molar-refractivity contribution < 1.29 is 14.3 Å². The molecule has 0 saturated heterocycles. The number of hydrogen-bond acceptors (Lipinski definition) is 4. The van der Waals surface area contributed by atoms with E-state index in [2.05, 4.69) is 22.3 Å². The molecule has 4 rings (SSSR count). The number of nitrogens with zero attached hydrogens (tertiary/aromatic N) is 2. The van der Waals surface area contributed by atoms with E-state index in [0.717, 1.165) is 22.6 Å². The van der Waals surface area contributed by atoms with Crippen LogP contribution in [0, 0.1) is 6.92 Å². The molecule has 0 unspecified atom stereocenters. The lowest BCUT2D eigenvalue weighted by Crippen LogP contribution is -2.40. The first-order chi connectivity index (χ1) is 13.8. The summed E-state index contributed by atoms with van der Waals surface area (Å²) in [6.07, 6.45) is 2.14. The van der Waals surface area contributed by atoms with Gasteiger partial charge in [0.2, 0.25) is 0 Å².